The molecule has 0 radical (unpaired) electrons. The van der Waals surface area contributed by atoms with E-state index in [-0.39, 0.29) is 6.61 Å². The van der Waals surface area contributed by atoms with Crippen molar-refractivity contribution in [3.8, 4) is 11.5 Å². The van der Waals surface area contributed by atoms with Crippen LogP contribution in [-0.2, 0) is 0 Å². The number of nitrogens with zero attached hydrogens (tertiary/aromatic N) is 1. The molecule has 0 unspecified atom stereocenters. The minimum atomic E-state index is -0.595. The van der Waals surface area contributed by atoms with E-state index in [0.717, 1.165) is 17.9 Å². The van der Waals surface area contributed by atoms with Gasteiger partial charge in [0.05, 0.1) is 12.7 Å². The highest BCUT2D eigenvalue weighted by Crippen LogP contribution is 2.32. The third-order valence-corrected chi connectivity index (χ3v) is 3.25. The van der Waals surface area contributed by atoms with E-state index in [2.05, 4.69) is 0 Å². The van der Waals surface area contributed by atoms with E-state index < -0.39 is 6.10 Å². The van der Waals surface area contributed by atoms with Crippen molar-refractivity contribution in [2.45, 2.75) is 13.0 Å². The topological polar surface area (TPSA) is 62.2 Å². The van der Waals surface area contributed by atoms with Crippen LogP contribution in [0.2, 0.25) is 0 Å². The Morgan fingerprint density at radius 1 is 1.26 bits per heavy atom. The van der Waals surface area contributed by atoms with Gasteiger partial charge in [-0.15, -0.1) is 0 Å². The highest BCUT2D eigenvalue weighted by Gasteiger charge is 2.17. The average molecular weight is 267 g/mol. The predicted molar refractivity (Wildman–Crippen MR) is 71.6 cm³/mol. The molecule has 1 aliphatic heterocycles. The summed E-state index contributed by atoms with van der Waals surface area (Å²) in [6, 6.07) is 5.51. The van der Waals surface area contributed by atoms with Crippen LogP contribution in [0.5, 0.6) is 11.5 Å². The predicted octanol–water partition coefficient (Wildman–Crippen LogP) is 0.805. The summed E-state index contributed by atoms with van der Waals surface area (Å²) in [5.41, 5.74) is 0.806. The Bertz CT molecular complexity index is 410. The summed E-state index contributed by atoms with van der Waals surface area (Å²) in [5, 5.41) is 19.2. The van der Waals surface area contributed by atoms with E-state index >= 15 is 0 Å². The smallest absolute Gasteiger partial charge is 0.161 e. The van der Waals surface area contributed by atoms with E-state index in [1.54, 1.807) is 0 Å². The SMILES string of the molecule is CCN(CCO)C[C@H](O)c1ccc2c(c1)OCCO2. The van der Waals surface area contributed by atoms with Crippen molar-refractivity contribution in [1.29, 1.82) is 0 Å². The quantitative estimate of drug-likeness (QED) is 0.798. The van der Waals surface area contributed by atoms with E-state index in [1.807, 2.05) is 30.0 Å². The molecule has 1 aromatic rings. The Labute approximate surface area is 113 Å². The second-order valence-electron chi connectivity index (χ2n) is 4.54. The second-order valence-corrected chi connectivity index (χ2v) is 4.54. The number of rotatable bonds is 6. The van der Waals surface area contributed by atoms with Gasteiger partial charge in [-0.3, -0.25) is 4.90 Å². The van der Waals surface area contributed by atoms with Crippen molar-refractivity contribution < 1.29 is 19.7 Å². The Morgan fingerprint density at radius 2 is 2.00 bits per heavy atom. The zero-order valence-corrected chi connectivity index (χ0v) is 11.2. The molecule has 0 amide bonds. The summed E-state index contributed by atoms with van der Waals surface area (Å²) in [5.74, 6) is 1.41. The molecule has 5 heteroatoms. The Kier molecular flexibility index (Phi) is 5.01. The lowest BCUT2D eigenvalue weighted by Gasteiger charge is -2.24. The van der Waals surface area contributed by atoms with Crippen LogP contribution in [0.25, 0.3) is 0 Å². The minimum Gasteiger partial charge on any atom is -0.486 e. The van der Waals surface area contributed by atoms with Gasteiger partial charge in [-0.25, -0.2) is 0 Å². The summed E-state index contributed by atoms with van der Waals surface area (Å²) in [7, 11) is 0. The first-order chi connectivity index (χ1) is 9.24. The van der Waals surface area contributed by atoms with E-state index in [9.17, 15) is 5.11 Å². The van der Waals surface area contributed by atoms with Gasteiger partial charge in [-0.05, 0) is 24.2 Å². The molecule has 0 aliphatic carbocycles. The van der Waals surface area contributed by atoms with Gasteiger partial charge >= 0.3 is 0 Å². The van der Waals surface area contributed by atoms with Crippen LogP contribution < -0.4 is 9.47 Å². The van der Waals surface area contributed by atoms with E-state index in [1.165, 1.54) is 0 Å². The van der Waals surface area contributed by atoms with Gasteiger partial charge in [0.1, 0.15) is 13.2 Å². The van der Waals surface area contributed by atoms with Gasteiger partial charge in [0.2, 0.25) is 0 Å². The molecular weight excluding hydrogens is 246 g/mol. The minimum absolute atomic E-state index is 0.0989. The van der Waals surface area contributed by atoms with E-state index in [4.69, 9.17) is 14.6 Å². The van der Waals surface area contributed by atoms with Crippen LogP contribution in [0, 0.1) is 0 Å². The maximum absolute atomic E-state index is 10.2. The lowest BCUT2D eigenvalue weighted by atomic mass is 10.1. The van der Waals surface area contributed by atoms with Gasteiger partial charge in [0, 0.05) is 13.1 Å². The summed E-state index contributed by atoms with van der Waals surface area (Å²) < 4.78 is 11.0. The Hall–Kier alpha value is -1.30. The molecule has 2 N–H and O–H groups in total. The molecule has 1 atom stereocenters. The van der Waals surface area contributed by atoms with Gasteiger partial charge < -0.3 is 19.7 Å². The van der Waals surface area contributed by atoms with Crippen LogP contribution in [0.3, 0.4) is 0 Å². The van der Waals surface area contributed by atoms with Crippen LogP contribution in [0.1, 0.15) is 18.6 Å². The molecule has 0 saturated heterocycles. The summed E-state index contributed by atoms with van der Waals surface area (Å²) >= 11 is 0. The lowest BCUT2D eigenvalue weighted by Crippen LogP contribution is -2.31. The molecule has 5 nitrogen and oxygen atoms in total. The molecule has 0 aromatic heterocycles. The molecule has 106 valence electrons. The highest BCUT2D eigenvalue weighted by molar-refractivity contribution is 5.44. The molecule has 19 heavy (non-hydrogen) atoms. The first-order valence-electron chi connectivity index (χ1n) is 6.65. The van der Waals surface area contributed by atoms with Gasteiger partial charge in [0.15, 0.2) is 11.5 Å². The van der Waals surface area contributed by atoms with Crippen LogP contribution >= 0.6 is 0 Å². The third-order valence-electron chi connectivity index (χ3n) is 3.25. The van der Waals surface area contributed by atoms with Crippen LogP contribution in [-0.4, -0.2) is 54.6 Å². The monoisotopic (exact) mass is 267 g/mol. The molecule has 1 aliphatic rings. The molecule has 0 bridgehead atoms. The molecular formula is C14H21NO4. The first kappa shape index (κ1) is 14.1. The number of fused-ring (bicyclic) bond motifs is 1. The number of aliphatic hydroxyl groups excluding tert-OH is 2. The van der Waals surface area contributed by atoms with Gasteiger partial charge in [-0.2, -0.15) is 0 Å². The molecule has 1 aromatic carbocycles. The lowest BCUT2D eigenvalue weighted by molar-refractivity contribution is 0.102. The second kappa shape index (κ2) is 6.75. The Balaban J connectivity index is 2.04. The van der Waals surface area contributed by atoms with E-state index in [0.29, 0.717) is 32.1 Å². The summed E-state index contributed by atoms with van der Waals surface area (Å²) in [6.45, 7) is 5.07. The summed E-state index contributed by atoms with van der Waals surface area (Å²) in [6.07, 6.45) is -0.595. The fourth-order valence-corrected chi connectivity index (χ4v) is 2.14. The van der Waals surface area contributed by atoms with Crippen LogP contribution in [0.4, 0.5) is 0 Å². The van der Waals surface area contributed by atoms with Crippen molar-refractivity contribution >= 4 is 0 Å². The maximum atomic E-state index is 10.2. The highest BCUT2D eigenvalue weighted by atomic mass is 16.6. The average Bonchev–Trinajstić information content (AvgIpc) is 2.46. The Morgan fingerprint density at radius 3 is 2.68 bits per heavy atom. The summed E-state index contributed by atoms with van der Waals surface area (Å²) in [4.78, 5) is 2.00. The number of benzene rings is 1. The standard InChI is InChI=1S/C14H21NO4/c1-2-15(5-6-16)10-12(17)11-3-4-13-14(9-11)19-8-7-18-13/h3-4,9,12,16-17H,2,5-8,10H2,1H3/t12-/m0/s1. The maximum Gasteiger partial charge on any atom is 0.161 e. The van der Waals surface area contributed by atoms with Crippen molar-refractivity contribution in [3.63, 3.8) is 0 Å². The third kappa shape index (κ3) is 3.59. The zero-order valence-electron chi connectivity index (χ0n) is 11.2. The normalized spacial score (nSPS) is 15.6. The largest absolute Gasteiger partial charge is 0.486 e. The number of likely N-dealkylation sites (N-methyl/N-ethyl adjacent to an activating group) is 1. The van der Waals surface area contributed by atoms with Gasteiger partial charge in [0.25, 0.3) is 0 Å². The number of hydrogen-bond donors (Lipinski definition) is 2. The molecule has 0 fully saturated rings. The number of hydrogen-bond acceptors (Lipinski definition) is 5. The van der Waals surface area contributed by atoms with Crippen molar-refractivity contribution in [2.24, 2.45) is 0 Å². The molecule has 0 saturated carbocycles. The first-order valence-corrected chi connectivity index (χ1v) is 6.65. The number of aliphatic hydroxyl groups is 2. The van der Waals surface area contributed by atoms with Crippen molar-refractivity contribution in [3.05, 3.63) is 23.8 Å². The molecule has 1 heterocycles. The number of ether oxygens (including phenoxy) is 2. The fraction of sp³-hybridized carbons (Fsp3) is 0.571. The zero-order chi connectivity index (χ0) is 13.7. The van der Waals surface area contributed by atoms with Crippen molar-refractivity contribution in [2.75, 3.05) is 39.5 Å². The molecule has 0 spiro atoms. The fourth-order valence-electron chi connectivity index (χ4n) is 2.14. The van der Waals surface area contributed by atoms with Crippen molar-refractivity contribution in [1.82, 2.24) is 4.90 Å². The van der Waals surface area contributed by atoms with Gasteiger partial charge in [-0.1, -0.05) is 13.0 Å². The van der Waals surface area contributed by atoms with Crippen LogP contribution in [0.15, 0.2) is 18.2 Å². The molecule has 2 rings (SSSR count).